The first kappa shape index (κ1) is 15.4. The Bertz CT molecular complexity index is 414. The first-order chi connectivity index (χ1) is 6.95. The molecule has 0 amide bonds. The Hall–Kier alpha value is -0.580. The fourth-order valence-corrected chi connectivity index (χ4v) is 2.07. The van der Waals surface area contributed by atoms with Gasteiger partial charge in [0.05, 0.1) is 4.90 Å². The Kier molecular flexibility index (Phi) is 6.00. The summed E-state index contributed by atoms with van der Waals surface area (Å²) < 4.78 is 22.4. The number of sulfone groups is 1. The smallest absolute Gasteiger partial charge is 0.175 e. The van der Waals surface area contributed by atoms with Crippen LogP contribution < -0.4 is 5.73 Å². The highest BCUT2D eigenvalue weighted by Crippen LogP contribution is 2.18. The van der Waals surface area contributed by atoms with E-state index in [0.29, 0.717) is 4.90 Å². The summed E-state index contributed by atoms with van der Waals surface area (Å²) in [4.78, 5) is 0.343. The van der Waals surface area contributed by atoms with Crippen LogP contribution in [0, 0.1) is 0 Å². The maximum absolute atomic E-state index is 11.2. The van der Waals surface area contributed by atoms with Gasteiger partial charge >= 0.3 is 0 Å². The van der Waals surface area contributed by atoms with E-state index in [1.807, 2.05) is 0 Å². The van der Waals surface area contributed by atoms with Crippen molar-refractivity contribution in [3.05, 3.63) is 29.8 Å². The monoisotopic (exact) mass is 263 g/mol. The Morgan fingerprint density at radius 3 is 2.12 bits per heavy atom. The molecule has 1 unspecified atom stereocenters. The van der Waals surface area contributed by atoms with Gasteiger partial charge in [0.1, 0.15) is 0 Å². The van der Waals surface area contributed by atoms with Gasteiger partial charge in [0, 0.05) is 12.3 Å². The Balaban J connectivity index is 0.00000225. The quantitative estimate of drug-likeness (QED) is 0.907. The molecular weight excluding hydrogens is 246 g/mol. The molecule has 3 nitrogen and oxygen atoms in total. The van der Waals surface area contributed by atoms with Gasteiger partial charge < -0.3 is 5.73 Å². The van der Waals surface area contributed by atoms with E-state index in [0.717, 1.165) is 18.4 Å². The van der Waals surface area contributed by atoms with Crippen molar-refractivity contribution in [1.82, 2.24) is 0 Å². The van der Waals surface area contributed by atoms with E-state index in [-0.39, 0.29) is 18.4 Å². The van der Waals surface area contributed by atoms with Crippen LogP contribution in [0.4, 0.5) is 0 Å². The molecule has 0 spiro atoms. The molecule has 0 aromatic heterocycles. The average molecular weight is 264 g/mol. The molecule has 0 aliphatic carbocycles. The Morgan fingerprint density at radius 2 is 1.75 bits per heavy atom. The normalized spacial score (nSPS) is 12.9. The molecule has 0 heterocycles. The molecule has 1 rings (SSSR count). The molecular formula is C11H18ClNO2S. The number of hydrogen-bond acceptors (Lipinski definition) is 3. The van der Waals surface area contributed by atoms with Crippen LogP contribution in [-0.4, -0.2) is 14.7 Å². The number of nitrogens with two attached hydrogens (primary N) is 1. The first-order valence-electron chi connectivity index (χ1n) is 5.00. The molecule has 1 aromatic rings. The first-order valence-corrected chi connectivity index (χ1v) is 6.90. The molecule has 2 N–H and O–H groups in total. The van der Waals surface area contributed by atoms with Crippen molar-refractivity contribution in [2.45, 2.75) is 30.7 Å². The second-order valence-electron chi connectivity index (χ2n) is 3.74. The van der Waals surface area contributed by atoms with Gasteiger partial charge in [-0.3, -0.25) is 0 Å². The minimum Gasteiger partial charge on any atom is -0.324 e. The summed E-state index contributed by atoms with van der Waals surface area (Å²) in [5.41, 5.74) is 6.91. The highest BCUT2D eigenvalue weighted by atomic mass is 35.5. The second kappa shape index (κ2) is 6.23. The maximum atomic E-state index is 11.2. The van der Waals surface area contributed by atoms with Crippen molar-refractivity contribution in [3.8, 4) is 0 Å². The molecule has 0 bridgehead atoms. The summed E-state index contributed by atoms with van der Waals surface area (Å²) in [5, 5.41) is 0. The van der Waals surface area contributed by atoms with Crippen LogP contribution in [0.2, 0.25) is 0 Å². The fraction of sp³-hybridized carbons (Fsp3) is 0.455. The minimum absolute atomic E-state index is 0. The van der Waals surface area contributed by atoms with E-state index >= 15 is 0 Å². The number of halogens is 1. The van der Waals surface area contributed by atoms with Gasteiger partial charge in [-0.25, -0.2) is 8.42 Å². The van der Waals surface area contributed by atoms with Crippen LogP contribution in [0.15, 0.2) is 29.2 Å². The molecule has 0 aliphatic rings. The summed E-state index contributed by atoms with van der Waals surface area (Å²) in [6, 6.07) is 6.80. The van der Waals surface area contributed by atoms with E-state index in [1.54, 1.807) is 24.3 Å². The molecule has 92 valence electrons. The zero-order valence-corrected chi connectivity index (χ0v) is 11.1. The molecule has 0 saturated carbocycles. The van der Waals surface area contributed by atoms with Gasteiger partial charge in [0.2, 0.25) is 0 Å². The average Bonchev–Trinajstić information content (AvgIpc) is 2.17. The predicted octanol–water partition coefficient (Wildman–Crippen LogP) is 2.31. The molecule has 0 fully saturated rings. The number of benzene rings is 1. The van der Waals surface area contributed by atoms with E-state index in [2.05, 4.69) is 6.92 Å². The standard InChI is InChI=1S/C11H17NO2S.ClH/c1-3-4-11(12)9-5-7-10(8-6-9)15(2,13)14;/h5-8,11H,3-4,12H2,1-2H3;1H. The van der Waals surface area contributed by atoms with E-state index in [9.17, 15) is 8.42 Å². The van der Waals surface area contributed by atoms with Crippen molar-refractivity contribution in [3.63, 3.8) is 0 Å². The Morgan fingerprint density at radius 1 is 1.25 bits per heavy atom. The molecule has 0 aliphatic heterocycles. The van der Waals surface area contributed by atoms with Crippen LogP contribution in [-0.2, 0) is 9.84 Å². The highest BCUT2D eigenvalue weighted by molar-refractivity contribution is 7.90. The van der Waals surface area contributed by atoms with Crippen molar-refractivity contribution in [1.29, 1.82) is 0 Å². The number of rotatable bonds is 4. The summed E-state index contributed by atoms with van der Waals surface area (Å²) in [7, 11) is -3.10. The maximum Gasteiger partial charge on any atom is 0.175 e. The van der Waals surface area contributed by atoms with Crippen LogP contribution in [0.25, 0.3) is 0 Å². The van der Waals surface area contributed by atoms with Crippen molar-refractivity contribution in [2.75, 3.05) is 6.26 Å². The zero-order chi connectivity index (χ0) is 11.5. The summed E-state index contributed by atoms with van der Waals surface area (Å²) >= 11 is 0. The molecule has 0 saturated heterocycles. The van der Waals surface area contributed by atoms with Crippen molar-refractivity contribution >= 4 is 22.2 Å². The third-order valence-electron chi connectivity index (χ3n) is 2.34. The molecule has 5 heteroatoms. The molecule has 0 radical (unpaired) electrons. The van der Waals surface area contributed by atoms with Gasteiger partial charge in [-0.2, -0.15) is 0 Å². The molecule has 16 heavy (non-hydrogen) atoms. The molecule has 1 aromatic carbocycles. The summed E-state index contributed by atoms with van der Waals surface area (Å²) in [6.07, 6.45) is 3.14. The Labute approximate surface area is 103 Å². The largest absolute Gasteiger partial charge is 0.324 e. The minimum atomic E-state index is -3.10. The SMILES string of the molecule is CCCC(N)c1ccc(S(C)(=O)=O)cc1.Cl. The number of hydrogen-bond donors (Lipinski definition) is 1. The molecule has 1 atom stereocenters. The van der Waals surface area contributed by atoms with Crippen LogP contribution in [0.1, 0.15) is 31.4 Å². The topological polar surface area (TPSA) is 60.2 Å². The lowest BCUT2D eigenvalue weighted by molar-refractivity contribution is 0.601. The van der Waals surface area contributed by atoms with Crippen molar-refractivity contribution in [2.24, 2.45) is 5.73 Å². The third-order valence-corrected chi connectivity index (χ3v) is 3.46. The van der Waals surface area contributed by atoms with Crippen LogP contribution >= 0.6 is 12.4 Å². The summed E-state index contributed by atoms with van der Waals surface area (Å²) in [5.74, 6) is 0. The van der Waals surface area contributed by atoms with Gasteiger partial charge in [0.15, 0.2) is 9.84 Å². The van der Waals surface area contributed by atoms with E-state index < -0.39 is 9.84 Å². The lowest BCUT2D eigenvalue weighted by Gasteiger charge is -2.10. The van der Waals surface area contributed by atoms with Crippen LogP contribution in [0.3, 0.4) is 0 Å². The summed E-state index contributed by atoms with van der Waals surface area (Å²) in [6.45, 7) is 2.07. The van der Waals surface area contributed by atoms with Crippen molar-refractivity contribution < 1.29 is 8.42 Å². The third kappa shape index (κ3) is 4.12. The van der Waals surface area contributed by atoms with Gasteiger partial charge in [-0.05, 0) is 24.1 Å². The van der Waals surface area contributed by atoms with Crippen LogP contribution in [0.5, 0.6) is 0 Å². The van der Waals surface area contributed by atoms with E-state index in [1.165, 1.54) is 6.26 Å². The van der Waals surface area contributed by atoms with Gasteiger partial charge in [-0.1, -0.05) is 25.5 Å². The van der Waals surface area contributed by atoms with Gasteiger partial charge in [-0.15, -0.1) is 12.4 Å². The fourth-order valence-electron chi connectivity index (χ4n) is 1.44. The predicted molar refractivity (Wildman–Crippen MR) is 68.6 cm³/mol. The lowest BCUT2D eigenvalue weighted by atomic mass is 10.0. The lowest BCUT2D eigenvalue weighted by Crippen LogP contribution is -2.09. The van der Waals surface area contributed by atoms with Gasteiger partial charge in [0.25, 0.3) is 0 Å². The zero-order valence-electron chi connectivity index (χ0n) is 9.51. The second-order valence-corrected chi connectivity index (χ2v) is 5.75. The highest BCUT2D eigenvalue weighted by Gasteiger charge is 2.08. The van der Waals surface area contributed by atoms with E-state index in [4.69, 9.17) is 5.73 Å².